The first-order valence-corrected chi connectivity index (χ1v) is 4.00. The predicted octanol–water partition coefficient (Wildman–Crippen LogP) is 2.03. The first kappa shape index (κ1) is 13.1. The standard InChI is InChI=1S/C8H4F5NO3/c9-6(10)2-1-3(15)14-5(8(11,12)13)4(2)7(16)17/h1,6H,(H,14,15)(H,16,17). The number of rotatable bonds is 2. The van der Waals surface area contributed by atoms with Crippen molar-refractivity contribution in [3.05, 3.63) is 33.2 Å². The normalized spacial score (nSPS) is 11.9. The Bertz CT molecular complexity index is 505. The molecule has 0 aliphatic rings. The molecular formula is C8H4F5NO3. The van der Waals surface area contributed by atoms with Gasteiger partial charge in [-0.1, -0.05) is 0 Å². The number of alkyl halides is 5. The molecule has 2 N–H and O–H groups in total. The van der Waals surface area contributed by atoms with Crippen LogP contribution in [0.2, 0.25) is 0 Å². The molecule has 0 unspecified atom stereocenters. The van der Waals surface area contributed by atoms with Crippen molar-refractivity contribution in [1.82, 2.24) is 4.98 Å². The van der Waals surface area contributed by atoms with E-state index in [1.807, 2.05) is 0 Å². The van der Waals surface area contributed by atoms with Gasteiger partial charge in [0.25, 0.3) is 6.43 Å². The number of halogens is 5. The lowest BCUT2D eigenvalue weighted by atomic mass is 10.1. The number of aromatic amines is 1. The van der Waals surface area contributed by atoms with Crippen LogP contribution < -0.4 is 5.56 Å². The number of aromatic nitrogens is 1. The van der Waals surface area contributed by atoms with E-state index in [4.69, 9.17) is 5.11 Å². The number of hydrogen-bond acceptors (Lipinski definition) is 2. The summed E-state index contributed by atoms with van der Waals surface area (Å²) in [4.78, 5) is 22.5. The quantitative estimate of drug-likeness (QED) is 0.796. The maximum Gasteiger partial charge on any atom is 0.432 e. The van der Waals surface area contributed by atoms with Crippen LogP contribution in [0.15, 0.2) is 10.9 Å². The summed E-state index contributed by atoms with van der Waals surface area (Å²) in [5, 5.41) is 8.49. The van der Waals surface area contributed by atoms with Gasteiger partial charge < -0.3 is 10.1 Å². The van der Waals surface area contributed by atoms with Gasteiger partial charge in [0.2, 0.25) is 5.56 Å². The topological polar surface area (TPSA) is 70.2 Å². The van der Waals surface area contributed by atoms with Crippen molar-refractivity contribution >= 4 is 5.97 Å². The minimum atomic E-state index is -5.24. The van der Waals surface area contributed by atoms with E-state index in [-0.39, 0.29) is 6.07 Å². The van der Waals surface area contributed by atoms with Crippen LogP contribution >= 0.6 is 0 Å². The molecule has 1 rings (SSSR count). The van der Waals surface area contributed by atoms with E-state index in [0.29, 0.717) is 0 Å². The molecule has 1 aromatic rings. The molecule has 9 heteroatoms. The van der Waals surface area contributed by atoms with Crippen molar-refractivity contribution in [2.45, 2.75) is 12.6 Å². The zero-order chi connectivity index (χ0) is 13.4. The van der Waals surface area contributed by atoms with Crippen LogP contribution in [0.4, 0.5) is 22.0 Å². The molecule has 0 saturated heterocycles. The lowest BCUT2D eigenvalue weighted by molar-refractivity contribution is -0.142. The Morgan fingerprint density at radius 1 is 1.35 bits per heavy atom. The Kier molecular flexibility index (Phi) is 3.21. The molecule has 1 heterocycles. The van der Waals surface area contributed by atoms with Crippen molar-refractivity contribution in [2.75, 3.05) is 0 Å². The van der Waals surface area contributed by atoms with Gasteiger partial charge in [-0.25, -0.2) is 13.6 Å². The highest BCUT2D eigenvalue weighted by molar-refractivity contribution is 5.91. The number of aromatic carboxylic acids is 1. The van der Waals surface area contributed by atoms with Crippen LogP contribution in [0, 0.1) is 0 Å². The smallest absolute Gasteiger partial charge is 0.432 e. The maximum atomic E-state index is 12.4. The maximum absolute atomic E-state index is 12.4. The van der Waals surface area contributed by atoms with Crippen molar-refractivity contribution < 1.29 is 31.9 Å². The highest BCUT2D eigenvalue weighted by atomic mass is 19.4. The number of nitrogens with one attached hydrogen (secondary N) is 1. The molecule has 0 aromatic carbocycles. The van der Waals surface area contributed by atoms with E-state index in [0.717, 1.165) is 0 Å². The molecule has 0 amide bonds. The van der Waals surface area contributed by atoms with Gasteiger partial charge in [0.1, 0.15) is 5.69 Å². The van der Waals surface area contributed by atoms with Crippen LogP contribution in [0.1, 0.15) is 28.0 Å². The molecule has 0 saturated carbocycles. The molecule has 0 fully saturated rings. The Morgan fingerprint density at radius 3 is 2.24 bits per heavy atom. The van der Waals surface area contributed by atoms with Crippen LogP contribution in [-0.2, 0) is 6.18 Å². The monoisotopic (exact) mass is 257 g/mol. The summed E-state index contributed by atoms with van der Waals surface area (Å²) in [5.41, 5.74) is -6.55. The fraction of sp³-hybridized carbons (Fsp3) is 0.250. The second-order valence-corrected chi connectivity index (χ2v) is 2.94. The summed E-state index contributed by atoms with van der Waals surface area (Å²) in [6.07, 6.45) is -8.73. The molecule has 17 heavy (non-hydrogen) atoms. The van der Waals surface area contributed by atoms with E-state index < -0.39 is 41.0 Å². The molecule has 0 radical (unpaired) electrons. The van der Waals surface area contributed by atoms with Crippen molar-refractivity contribution in [1.29, 1.82) is 0 Å². The molecule has 0 aliphatic heterocycles. The predicted molar refractivity (Wildman–Crippen MR) is 44.0 cm³/mol. The SMILES string of the molecule is O=C(O)c1c(C(F)F)cc(=O)[nH]c1C(F)(F)F. The van der Waals surface area contributed by atoms with Crippen molar-refractivity contribution in [3.8, 4) is 0 Å². The number of carbonyl (C=O) groups is 1. The number of carboxylic acid groups (broad SMARTS) is 1. The van der Waals surface area contributed by atoms with Gasteiger partial charge in [-0.2, -0.15) is 13.2 Å². The average Bonchev–Trinajstić information content (AvgIpc) is 2.14. The molecular weight excluding hydrogens is 253 g/mol. The zero-order valence-corrected chi connectivity index (χ0v) is 7.81. The lowest BCUT2D eigenvalue weighted by Gasteiger charge is -2.12. The van der Waals surface area contributed by atoms with E-state index in [1.165, 1.54) is 4.98 Å². The van der Waals surface area contributed by atoms with Gasteiger partial charge in [0.15, 0.2) is 0 Å². The van der Waals surface area contributed by atoms with Gasteiger partial charge in [-0.15, -0.1) is 0 Å². The Labute approximate surface area is 89.7 Å². The number of hydrogen-bond donors (Lipinski definition) is 2. The number of H-pyrrole nitrogens is 1. The molecule has 0 atom stereocenters. The van der Waals surface area contributed by atoms with Crippen LogP contribution in [0.3, 0.4) is 0 Å². The average molecular weight is 257 g/mol. The number of carboxylic acids is 1. The third-order valence-corrected chi connectivity index (χ3v) is 1.81. The van der Waals surface area contributed by atoms with Crippen LogP contribution in [0.25, 0.3) is 0 Å². The van der Waals surface area contributed by atoms with Gasteiger partial charge >= 0.3 is 12.1 Å². The molecule has 0 bridgehead atoms. The fourth-order valence-corrected chi connectivity index (χ4v) is 1.19. The summed E-state index contributed by atoms with van der Waals surface area (Å²) in [6, 6.07) is 0.128. The van der Waals surface area contributed by atoms with Gasteiger partial charge in [-0.3, -0.25) is 4.79 Å². The van der Waals surface area contributed by atoms with E-state index in [1.54, 1.807) is 0 Å². The fourth-order valence-electron chi connectivity index (χ4n) is 1.19. The minimum Gasteiger partial charge on any atom is -0.478 e. The summed E-state index contributed by atoms with van der Waals surface area (Å²) in [6.45, 7) is 0. The highest BCUT2D eigenvalue weighted by Gasteiger charge is 2.39. The molecule has 4 nitrogen and oxygen atoms in total. The van der Waals surface area contributed by atoms with Crippen molar-refractivity contribution in [3.63, 3.8) is 0 Å². The minimum absolute atomic E-state index is 0.128. The van der Waals surface area contributed by atoms with Crippen LogP contribution in [0.5, 0.6) is 0 Å². The summed E-state index contributed by atoms with van der Waals surface area (Å²) in [5.74, 6) is -2.19. The first-order valence-electron chi connectivity index (χ1n) is 4.00. The summed E-state index contributed by atoms with van der Waals surface area (Å²) < 4.78 is 61.8. The Morgan fingerprint density at radius 2 is 1.88 bits per heavy atom. The van der Waals surface area contributed by atoms with Crippen molar-refractivity contribution in [2.24, 2.45) is 0 Å². The van der Waals surface area contributed by atoms with Gasteiger partial charge in [-0.05, 0) is 0 Å². The third kappa shape index (κ3) is 2.60. The molecule has 0 aliphatic carbocycles. The second kappa shape index (κ2) is 4.15. The first-order chi connectivity index (χ1) is 7.64. The van der Waals surface area contributed by atoms with E-state index in [2.05, 4.69) is 0 Å². The lowest BCUT2D eigenvalue weighted by Crippen LogP contribution is -2.23. The molecule has 1 aromatic heterocycles. The van der Waals surface area contributed by atoms with Gasteiger partial charge in [0, 0.05) is 11.6 Å². The molecule has 94 valence electrons. The third-order valence-electron chi connectivity index (χ3n) is 1.81. The Balaban J connectivity index is 3.70. The van der Waals surface area contributed by atoms with E-state index >= 15 is 0 Å². The molecule has 0 spiro atoms. The van der Waals surface area contributed by atoms with E-state index in [9.17, 15) is 31.5 Å². The van der Waals surface area contributed by atoms with Crippen LogP contribution in [-0.4, -0.2) is 16.1 Å². The Hall–Kier alpha value is -1.93. The zero-order valence-electron chi connectivity index (χ0n) is 7.81. The largest absolute Gasteiger partial charge is 0.478 e. The van der Waals surface area contributed by atoms with Gasteiger partial charge in [0.05, 0.1) is 5.56 Å². The second-order valence-electron chi connectivity index (χ2n) is 2.94. The highest BCUT2D eigenvalue weighted by Crippen LogP contribution is 2.33. The summed E-state index contributed by atoms with van der Waals surface area (Å²) in [7, 11) is 0. The summed E-state index contributed by atoms with van der Waals surface area (Å²) >= 11 is 0. The number of pyridine rings is 1.